The van der Waals surface area contributed by atoms with E-state index in [0.29, 0.717) is 35.9 Å². The summed E-state index contributed by atoms with van der Waals surface area (Å²) in [6.45, 7) is 3.20. The van der Waals surface area contributed by atoms with E-state index in [4.69, 9.17) is 18.6 Å². The molecule has 0 aliphatic carbocycles. The Kier molecular flexibility index (Phi) is 6.21. The minimum Gasteiger partial charge on any atom is -0.503 e. The third kappa shape index (κ3) is 4.14. The number of ketones is 1. The van der Waals surface area contributed by atoms with Crippen LogP contribution in [-0.4, -0.2) is 54.7 Å². The maximum Gasteiger partial charge on any atom is 0.290 e. The molecule has 1 amide bonds. The number of aliphatic hydroxyl groups excluding tert-OH is 1. The number of nitrogens with zero attached hydrogens (tertiary/aromatic N) is 1. The molecule has 0 saturated carbocycles. The van der Waals surface area contributed by atoms with Crippen LogP contribution in [0.5, 0.6) is 11.5 Å². The quantitative estimate of drug-likeness (QED) is 0.474. The van der Waals surface area contributed by atoms with Crippen molar-refractivity contribution in [3.63, 3.8) is 0 Å². The van der Waals surface area contributed by atoms with Gasteiger partial charge in [-0.25, -0.2) is 0 Å². The van der Waals surface area contributed by atoms with Gasteiger partial charge in [0.1, 0.15) is 5.58 Å². The number of aliphatic hydroxyl groups is 1. The van der Waals surface area contributed by atoms with E-state index >= 15 is 0 Å². The van der Waals surface area contributed by atoms with E-state index in [2.05, 4.69) is 0 Å². The summed E-state index contributed by atoms with van der Waals surface area (Å²) in [7, 11) is 1.53. The van der Waals surface area contributed by atoms with E-state index in [1.54, 1.807) is 30.3 Å². The SMILES string of the molecule is CCOc1ccc(C2C(C(=O)c3cc4ccccc4o3)=C(O)C(=O)N2CC2CCCO2)cc1OC. The molecule has 1 saturated heterocycles. The Morgan fingerprint density at radius 1 is 1.17 bits per heavy atom. The molecule has 1 aromatic heterocycles. The molecule has 8 heteroatoms. The Morgan fingerprint density at radius 2 is 2.00 bits per heavy atom. The average molecular weight is 478 g/mol. The molecule has 2 aromatic carbocycles. The molecule has 2 aliphatic rings. The topological polar surface area (TPSA) is 98.4 Å². The van der Waals surface area contributed by atoms with Crippen molar-refractivity contribution in [1.29, 1.82) is 0 Å². The fraction of sp³-hybridized carbons (Fsp3) is 0.333. The average Bonchev–Trinajstić information content (AvgIpc) is 3.60. The lowest BCUT2D eigenvalue weighted by atomic mass is 9.94. The van der Waals surface area contributed by atoms with Gasteiger partial charge < -0.3 is 28.6 Å². The highest BCUT2D eigenvalue weighted by molar-refractivity contribution is 6.16. The highest BCUT2D eigenvalue weighted by Crippen LogP contribution is 2.42. The highest BCUT2D eigenvalue weighted by Gasteiger charge is 2.45. The molecule has 8 nitrogen and oxygen atoms in total. The summed E-state index contributed by atoms with van der Waals surface area (Å²) in [5.41, 5.74) is 1.13. The summed E-state index contributed by atoms with van der Waals surface area (Å²) in [5, 5.41) is 11.7. The fourth-order valence-electron chi connectivity index (χ4n) is 4.78. The monoisotopic (exact) mass is 477 g/mol. The van der Waals surface area contributed by atoms with E-state index in [0.717, 1.165) is 18.2 Å². The van der Waals surface area contributed by atoms with E-state index in [1.165, 1.54) is 12.0 Å². The smallest absolute Gasteiger partial charge is 0.290 e. The van der Waals surface area contributed by atoms with Crippen molar-refractivity contribution in [1.82, 2.24) is 4.90 Å². The lowest BCUT2D eigenvalue weighted by molar-refractivity contribution is -0.131. The van der Waals surface area contributed by atoms with Crippen LogP contribution in [0, 0.1) is 0 Å². The predicted octanol–water partition coefficient (Wildman–Crippen LogP) is 4.60. The highest BCUT2D eigenvalue weighted by atomic mass is 16.5. The number of Topliss-reactive ketones (excluding diaryl/α,β-unsaturated/α-hetero) is 1. The Bertz CT molecular complexity index is 1270. The zero-order valence-electron chi connectivity index (χ0n) is 19.7. The number of carbonyl (C=O) groups excluding carboxylic acids is 2. The predicted molar refractivity (Wildman–Crippen MR) is 128 cm³/mol. The van der Waals surface area contributed by atoms with Crippen molar-refractivity contribution in [2.45, 2.75) is 31.9 Å². The zero-order chi connectivity index (χ0) is 24.5. The number of hydrogen-bond donors (Lipinski definition) is 1. The van der Waals surface area contributed by atoms with Crippen LogP contribution in [0.2, 0.25) is 0 Å². The number of rotatable bonds is 8. The van der Waals surface area contributed by atoms with Crippen molar-refractivity contribution in [3.05, 3.63) is 71.2 Å². The number of ether oxygens (including phenoxy) is 3. The first kappa shape index (κ1) is 23.0. The van der Waals surface area contributed by atoms with Gasteiger partial charge in [0.05, 0.1) is 31.4 Å². The van der Waals surface area contributed by atoms with Crippen molar-refractivity contribution in [2.24, 2.45) is 0 Å². The Hall–Kier alpha value is -3.78. The first-order chi connectivity index (χ1) is 17.0. The van der Waals surface area contributed by atoms with Gasteiger partial charge in [-0.15, -0.1) is 0 Å². The number of para-hydroxylation sites is 1. The summed E-state index contributed by atoms with van der Waals surface area (Å²) < 4.78 is 22.7. The zero-order valence-corrected chi connectivity index (χ0v) is 19.7. The molecule has 3 heterocycles. The van der Waals surface area contributed by atoms with Gasteiger partial charge in [-0.1, -0.05) is 24.3 Å². The van der Waals surface area contributed by atoms with E-state index in [9.17, 15) is 14.7 Å². The molecule has 1 N–H and O–H groups in total. The first-order valence-corrected chi connectivity index (χ1v) is 11.7. The summed E-state index contributed by atoms with van der Waals surface area (Å²) in [5.74, 6) is -0.658. The maximum absolute atomic E-state index is 13.7. The minimum absolute atomic E-state index is 0.0294. The molecule has 0 spiro atoms. The largest absolute Gasteiger partial charge is 0.503 e. The van der Waals surface area contributed by atoms with Gasteiger partial charge in [0.15, 0.2) is 23.0 Å². The van der Waals surface area contributed by atoms with Gasteiger partial charge in [0, 0.05) is 18.5 Å². The van der Waals surface area contributed by atoms with Crippen molar-refractivity contribution in [3.8, 4) is 11.5 Å². The van der Waals surface area contributed by atoms with Gasteiger partial charge in [-0.3, -0.25) is 9.59 Å². The maximum atomic E-state index is 13.7. The number of methoxy groups -OCH3 is 1. The Morgan fingerprint density at radius 3 is 2.71 bits per heavy atom. The van der Waals surface area contributed by atoms with E-state index < -0.39 is 23.5 Å². The number of amides is 1. The normalized spacial score (nSPS) is 20.2. The Labute approximate surface area is 202 Å². The molecule has 1 fully saturated rings. The van der Waals surface area contributed by atoms with Crippen molar-refractivity contribution in [2.75, 3.05) is 26.9 Å². The third-order valence-electron chi connectivity index (χ3n) is 6.43. The van der Waals surface area contributed by atoms with Crippen LogP contribution >= 0.6 is 0 Å². The van der Waals surface area contributed by atoms with Gasteiger partial charge in [-0.2, -0.15) is 0 Å². The molecule has 0 radical (unpaired) electrons. The molecular weight excluding hydrogens is 450 g/mol. The Balaban J connectivity index is 1.59. The number of hydrogen-bond acceptors (Lipinski definition) is 7. The molecule has 182 valence electrons. The van der Waals surface area contributed by atoms with Crippen LogP contribution in [0.15, 0.2) is 64.3 Å². The van der Waals surface area contributed by atoms with Gasteiger partial charge in [-0.05, 0) is 49.6 Å². The lowest BCUT2D eigenvalue weighted by Gasteiger charge is -2.29. The van der Waals surface area contributed by atoms with E-state index in [1.807, 2.05) is 25.1 Å². The number of furan rings is 1. The second-order valence-corrected chi connectivity index (χ2v) is 8.58. The summed E-state index contributed by atoms with van der Waals surface area (Å²) in [4.78, 5) is 28.4. The van der Waals surface area contributed by atoms with Crippen LogP contribution in [0.25, 0.3) is 11.0 Å². The van der Waals surface area contributed by atoms with Crippen LogP contribution in [0.4, 0.5) is 0 Å². The van der Waals surface area contributed by atoms with Gasteiger partial charge in [0.25, 0.3) is 5.91 Å². The van der Waals surface area contributed by atoms with Crippen LogP contribution in [0.1, 0.15) is 41.9 Å². The van der Waals surface area contributed by atoms with E-state index in [-0.39, 0.29) is 24.0 Å². The molecule has 3 aromatic rings. The third-order valence-corrected chi connectivity index (χ3v) is 6.43. The van der Waals surface area contributed by atoms with Gasteiger partial charge in [0.2, 0.25) is 5.78 Å². The molecule has 2 aliphatic heterocycles. The molecule has 0 bridgehead atoms. The molecule has 35 heavy (non-hydrogen) atoms. The summed E-state index contributed by atoms with van der Waals surface area (Å²) >= 11 is 0. The molecule has 2 unspecified atom stereocenters. The van der Waals surface area contributed by atoms with Crippen LogP contribution in [-0.2, 0) is 9.53 Å². The molecule has 5 rings (SSSR count). The fourth-order valence-corrected chi connectivity index (χ4v) is 4.78. The van der Waals surface area contributed by atoms with Crippen molar-refractivity contribution < 1.29 is 33.3 Å². The second kappa shape index (κ2) is 9.46. The number of carbonyl (C=O) groups is 2. The second-order valence-electron chi connectivity index (χ2n) is 8.58. The standard InChI is InChI=1S/C27H27NO7/c1-3-33-20-11-10-17(14-21(20)32-2)24-23(25(29)22-13-16-7-4-5-9-19(16)35-22)26(30)27(31)28(24)15-18-8-6-12-34-18/h4-5,7,9-11,13-14,18,24,30H,3,6,8,12,15H2,1-2H3. The van der Waals surface area contributed by atoms with Gasteiger partial charge >= 0.3 is 0 Å². The van der Waals surface area contributed by atoms with Crippen LogP contribution < -0.4 is 9.47 Å². The molecular formula is C27H27NO7. The first-order valence-electron chi connectivity index (χ1n) is 11.7. The summed E-state index contributed by atoms with van der Waals surface area (Å²) in [6.07, 6.45) is 1.54. The number of fused-ring (bicyclic) bond motifs is 1. The lowest BCUT2D eigenvalue weighted by Crippen LogP contribution is -2.37. The van der Waals surface area contributed by atoms with Crippen molar-refractivity contribution >= 4 is 22.7 Å². The molecule has 2 atom stereocenters. The summed E-state index contributed by atoms with van der Waals surface area (Å²) in [6, 6.07) is 13.3. The van der Waals surface area contributed by atoms with Crippen LogP contribution in [0.3, 0.4) is 0 Å². The minimum atomic E-state index is -0.836. The number of benzene rings is 2.